The van der Waals surface area contributed by atoms with Crippen LogP contribution >= 0.6 is 11.8 Å². The molecule has 0 unspecified atom stereocenters. The van der Waals surface area contributed by atoms with E-state index in [2.05, 4.69) is 31.2 Å². The molecule has 2 aliphatic rings. The summed E-state index contributed by atoms with van der Waals surface area (Å²) in [6.07, 6.45) is -2.02. The SMILES string of the molecule is COc1ccc(COC[C@H]2O[C@@H](Sc3ccc(C)cc3)[C@@H]3OC(C)(C)O[C@H]3[C@@H]2OC(C)=O)cc1. The fourth-order valence-electron chi connectivity index (χ4n) is 4.15. The summed E-state index contributed by atoms with van der Waals surface area (Å²) >= 11 is 1.57. The smallest absolute Gasteiger partial charge is 0.303 e. The maximum absolute atomic E-state index is 11.9. The van der Waals surface area contributed by atoms with Gasteiger partial charge in [0.15, 0.2) is 11.9 Å². The minimum atomic E-state index is -0.817. The van der Waals surface area contributed by atoms with E-state index in [-0.39, 0.29) is 12.0 Å². The summed E-state index contributed by atoms with van der Waals surface area (Å²) in [5.74, 6) is -0.426. The van der Waals surface area contributed by atoms with Crippen LogP contribution in [0.2, 0.25) is 0 Å². The zero-order chi connectivity index (χ0) is 24.3. The van der Waals surface area contributed by atoms with Crippen molar-refractivity contribution in [2.75, 3.05) is 13.7 Å². The predicted molar refractivity (Wildman–Crippen MR) is 128 cm³/mol. The molecule has 8 heteroatoms. The van der Waals surface area contributed by atoms with Gasteiger partial charge >= 0.3 is 5.97 Å². The van der Waals surface area contributed by atoms with E-state index in [9.17, 15) is 4.79 Å². The van der Waals surface area contributed by atoms with Gasteiger partial charge in [-0.05, 0) is 50.6 Å². The number of ether oxygens (including phenoxy) is 6. The number of carbonyl (C=O) groups excluding carboxylic acids is 1. The summed E-state index contributed by atoms with van der Waals surface area (Å²) in [5.41, 5.74) is 1.84. The number of hydrogen-bond acceptors (Lipinski definition) is 8. The van der Waals surface area contributed by atoms with Crippen LogP contribution in [0, 0.1) is 6.92 Å². The fourth-order valence-corrected chi connectivity index (χ4v) is 5.25. The fraction of sp³-hybridized carbons (Fsp3) is 0.500. The highest BCUT2D eigenvalue weighted by molar-refractivity contribution is 7.99. The van der Waals surface area contributed by atoms with Crippen LogP contribution < -0.4 is 4.74 Å². The molecule has 0 aliphatic carbocycles. The van der Waals surface area contributed by atoms with Crippen LogP contribution in [0.5, 0.6) is 5.75 Å². The zero-order valence-electron chi connectivity index (χ0n) is 20.2. The highest BCUT2D eigenvalue weighted by atomic mass is 32.2. The monoisotopic (exact) mass is 488 g/mol. The Labute approximate surface area is 205 Å². The van der Waals surface area contributed by atoms with Crippen molar-refractivity contribution >= 4 is 17.7 Å². The first-order chi connectivity index (χ1) is 16.2. The number of rotatable bonds is 8. The lowest BCUT2D eigenvalue weighted by molar-refractivity contribution is -0.202. The quantitative estimate of drug-likeness (QED) is 0.504. The first-order valence-corrected chi connectivity index (χ1v) is 12.2. The Morgan fingerprint density at radius 3 is 2.35 bits per heavy atom. The van der Waals surface area contributed by atoms with Crippen molar-refractivity contribution in [1.29, 1.82) is 0 Å². The minimum absolute atomic E-state index is 0.238. The Kier molecular flexibility index (Phi) is 7.84. The van der Waals surface area contributed by atoms with E-state index in [1.54, 1.807) is 18.9 Å². The molecule has 2 fully saturated rings. The van der Waals surface area contributed by atoms with Crippen LogP contribution in [0.4, 0.5) is 0 Å². The van der Waals surface area contributed by atoms with Crippen molar-refractivity contribution in [3.05, 3.63) is 59.7 Å². The molecule has 2 saturated heterocycles. The van der Waals surface area contributed by atoms with Gasteiger partial charge in [-0.25, -0.2) is 0 Å². The predicted octanol–water partition coefficient (Wildman–Crippen LogP) is 4.49. The number of esters is 1. The average molecular weight is 489 g/mol. The Balaban J connectivity index is 1.50. The van der Waals surface area contributed by atoms with Crippen molar-refractivity contribution < 1.29 is 33.2 Å². The summed E-state index contributed by atoms with van der Waals surface area (Å²) in [7, 11) is 1.63. The number of thioether (sulfide) groups is 1. The van der Waals surface area contributed by atoms with Crippen molar-refractivity contribution in [3.8, 4) is 5.75 Å². The van der Waals surface area contributed by atoms with Gasteiger partial charge in [-0.3, -0.25) is 4.79 Å². The van der Waals surface area contributed by atoms with E-state index in [0.717, 1.165) is 16.2 Å². The molecule has 0 amide bonds. The summed E-state index contributed by atoms with van der Waals surface area (Å²) < 4.78 is 35.8. The summed E-state index contributed by atoms with van der Waals surface area (Å²) in [6, 6.07) is 15.9. The normalized spacial score (nSPS) is 27.7. The highest BCUT2D eigenvalue weighted by Crippen LogP contribution is 2.43. The third-order valence-corrected chi connectivity index (χ3v) is 6.87. The molecule has 5 atom stereocenters. The first-order valence-electron chi connectivity index (χ1n) is 11.4. The van der Waals surface area contributed by atoms with Crippen molar-refractivity contribution in [3.63, 3.8) is 0 Å². The van der Waals surface area contributed by atoms with E-state index in [1.807, 2.05) is 38.1 Å². The lowest BCUT2D eigenvalue weighted by Crippen LogP contribution is -2.57. The highest BCUT2D eigenvalue weighted by Gasteiger charge is 2.56. The molecule has 0 radical (unpaired) electrons. The van der Waals surface area contributed by atoms with E-state index >= 15 is 0 Å². The summed E-state index contributed by atoms with van der Waals surface area (Å²) in [6.45, 7) is 7.79. The third-order valence-electron chi connectivity index (χ3n) is 5.72. The van der Waals surface area contributed by atoms with Crippen molar-refractivity contribution in [1.82, 2.24) is 0 Å². The Bertz CT molecular complexity index is 960. The van der Waals surface area contributed by atoms with Crippen LogP contribution in [0.3, 0.4) is 0 Å². The van der Waals surface area contributed by atoms with Gasteiger partial charge in [0.05, 0.1) is 20.3 Å². The number of carbonyl (C=O) groups is 1. The van der Waals surface area contributed by atoms with E-state index in [0.29, 0.717) is 6.61 Å². The van der Waals surface area contributed by atoms with Gasteiger partial charge < -0.3 is 28.4 Å². The number of hydrogen-bond donors (Lipinski definition) is 0. The van der Waals surface area contributed by atoms with Gasteiger partial charge in [-0.15, -0.1) is 0 Å². The molecule has 7 nitrogen and oxygen atoms in total. The Morgan fingerprint density at radius 1 is 1.03 bits per heavy atom. The van der Waals surface area contributed by atoms with Gasteiger partial charge in [0.2, 0.25) is 0 Å². The molecule has 4 rings (SSSR count). The molecule has 2 aromatic rings. The molecular weight excluding hydrogens is 456 g/mol. The van der Waals surface area contributed by atoms with Crippen molar-refractivity contribution in [2.45, 2.75) is 74.8 Å². The van der Waals surface area contributed by atoms with E-state index in [1.165, 1.54) is 12.5 Å². The molecule has 184 valence electrons. The zero-order valence-corrected chi connectivity index (χ0v) is 21.0. The third kappa shape index (κ3) is 6.12. The van der Waals surface area contributed by atoms with Crippen LogP contribution in [0.1, 0.15) is 31.9 Å². The van der Waals surface area contributed by atoms with Crippen molar-refractivity contribution in [2.24, 2.45) is 0 Å². The molecule has 2 aliphatic heterocycles. The molecule has 34 heavy (non-hydrogen) atoms. The van der Waals surface area contributed by atoms with Gasteiger partial charge in [-0.1, -0.05) is 41.6 Å². The summed E-state index contributed by atoms with van der Waals surface area (Å²) in [4.78, 5) is 13.0. The van der Waals surface area contributed by atoms with Crippen LogP contribution in [0.25, 0.3) is 0 Å². The molecule has 2 aromatic carbocycles. The standard InChI is InChI=1S/C26H32O7S/c1-16-6-12-20(13-7-16)34-25-24-23(32-26(3,4)33-24)22(30-17(2)27)21(31-25)15-29-14-18-8-10-19(28-5)11-9-18/h6-13,21-25H,14-15H2,1-5H3/t21-,22-,23+,24-,25+/m1/s1. The van der Waals surface area contributed by atoms with Crippen LogP contribution in [-0.4, -0.2) is 55.3 Å². The second kappa shape index (κ2) is 10.7. The van der Waals surface area contributed by atoms with Gasteiger partial charge in [-0.2, -0.15) is 0 Å². The lowest BCUT2D eigenvalue weighted by Gasteiger charge is -2.41. The maximum Gasteiger partial charge on any atom is 0.303 e. The molecule has 0 spiro atoms. The molecule has 0 aromatic heterocycles. The number of benzene rings is 2. The molecular formula is C26H32O7S. The molecule has 2 heterocycles. The molecule has 0 saturated carbocycles. The van der Waals surface area contributed by atoms with E-state index in [4.69, 9.17) is 28.4 Å². The second-order valence-electron chi connectivity index (χ2n) is 8.98. The van der Waals surface area contributed by atoms with Gasteiger partial charge in [0.1, 0.15) is 29.5 Å². The Hall–Kier alpha value is -2.10. The maximum atomic E-state index is 11.9. The second-order valence-corrected chi connectivity index (χ2v) is 10.1. The number of methoxy groups -OCH3 is 1. The first kappa shape index (κ1) is 25.0. The van der Waals surface area contributed by atoms with E-state index < -0.39 is 36.2 Å². The van der Waals surface area contributed by atoms with Crippen LogP contribution in [-0.2, 0) is 35.1 Å². The summed E-state index contributed by atoms with van der Waals surface area (Å²) in [5, 5.41) is 0. The average Bonchev–Trinajstić information content (AvgIpc) is 3.13. The number of aryl methyl sites for hydroxylation is 1. The Morgan fingerprint density at radius 2 is 1.71 bits per heavy atom. The van der Waals surface area contributed by atoms with Crippen LogP contribution in [0.15, 0.2) is 53.4 Å². The number of fused-ring (bicyclic) bond motifs is 1. The molecule has 0 N–H and O–H groups in total. The lowest BCUT2D eigenvalue weighted by atomic mass is 10.00. The molecule has 0 bridgehead atoms. The van der Waals surface area contributed by atoms with Gasteiger partial charge in [0.25, 0.3) is 0 Å². The minimum Gasteiger partial charge on any atom is -0.497 e. The topological polar surface area (TPSA) is 72.5 Å². The van der Waals surface area contributed by atoms with Gasteiger partial charge in [0, 0.05) is 11.8 Å². The largest absolute Gasteiger partial charge is 0.497 e.